The maximum atomic E-state index is 5.58. The summed E-state index contributed by atoms with van der Waals surface area (Å²) in [6, 6.07) is 2.05. The van der Waals surface area contributed by atoms with E-state index in [-0.39, 0.29) is 11.6 Å². The van der Waals surface area contributed by atoms with E-state index in [0.717, 1.165) is 24.8 Å². The summed E-state index contributed by atoms with van der Waals surface area (Å²) in [5, 5.41) is 0. The molecule has 1 aliphatic carbocycles. The summed E-state index contributed by atoms with van der Waals surface area (Å²) in [6.45, 7) is 0. The molecule has 0 bridgehead atoms. The molecule has 1 heterocycles. The van der Waals surface area contributed by atoms with E-state index >= 15 is 0 Å². The van der Waals surface area contributed by atoms with Crippen molar-refractivity contribution in [3.05, 3.63) is 24.2 Å². The minimum absolute atomic E-state index is 0.0221. The van der Waals surface area contributed by atoms with Crippen LogP contribution in [0.25, 0.3) is 0 Å². The van der Waals surface area contributed by atoms with Crippen molar-refractivity contribution in [2.24, 2.45) is 5.84 Å². The van der Waals surface area contributed by atoms with E-state index in [1.54, 1.807) is 19.6 Å². The highest BCUT2D eigenvalue weighted by Gasteiger charge is 2.39. The molecule has 0 aliphatic heterocycles. The first-order valence-corrected chi connectivity index (χ1v) is 5.33. The molecule has 1 aromatic heterocycles. The van der Waals surface area contributed by atoms with Crippen LogP contribution in [0.5, 0.6) is 0 Å². The lowest BCUT2D eigenvalue weighted by atomic mass is 9.75. The van der Waals surface area contributed by atoms with Crippen molar-refractivity contribution in [3.63, 3.8) is 0 Å². The minimum atomic E-state index is 0.0221. The number of nitrogens with two attached hydrogens (primary N) is 1. The number of methoxy groups -OCH3 is 1. The van der Waals surface area contributed by atoms with Gasteiger partial charge in [0.2, 0.25) is 0 Å². The molecule has 0 aromatic carbocycles. The minimum Gasteiger partial charge on any atom is -0.472 e. The predicted molar refractivity (Wildman–Crippen MR) is 57.0 cm³/mol. The van der Waals surface area contributed by atoms with E-state index in [0.29, 0.717) is 0 Å². The number of ether oxygens (including phenoxy) is 1. The van der Waals surface area contributed by atoms with Crippen LogP contribution in [0.2, 0.25) is 0 Å². The fourth-order valence-electron chi connectivity index (χ4n) is 2.18. The van der Waals surface area contributed by atoms with Crippen LogP contribution in [0.15, 0.2) is 23.0 Å². The van der Waals surface area contributed by atoms with Gasteiger partial charge < -0.3 is 9.15 Å². The highest BCUT2D eigenvalue weighted by atomic mass is 16.5. The second kappa shape index (κ2) is 4.35. The van der Waals surface area contributed by atoms with Crippen molar-refractivity contribution in [1.29, 1.82) is 0 Å². The van der Waals surface area contributed by atoms with E-state index in [4.69, 9.17) is 15.0 Å². The molecule has 15 heavy (non-hydrogen) atoms. The summed E-state index contributed by atoms with van der Waals surface area (Å²) < 4.78 is 10.6. The highest BCUT2D eigenvalue weighted by molar-refractivity contribution is 5.13. The Hall–Kier alpha value is -0.840. The Morgan fingerprint density at radius 1 is 1.67 bits per heavy atom. The van der Waals surface area contributed by atoms with Gasteiger partial charge in [-0.15, -0.1) is 0 Å². The second-order valence-electron chi connectivity index (χ2n) is 4.22. The molecule has 0 spiro atoms. The Bertz CT molecular complexity index is 288. The van der Waals surface area contributed by atoms with Gasteiger partial charge in [0.1, 0.15) is 0 Å². The molecule has 1 fully saturated rings. The normalized spacial score (nSPS) is 20.9. The van der Waals surface area contributed by atoms with Crippen molar-refractivity contribution >= 4 is 0 Å². The van der Waals surface area contributed by atoms with Gasteiger partial charge in [0.25, 0.3) is 0 Å². The summed E-state index contributed by atoms with van der Waals surface area (Å²) in [6.07, 6.45) is 7.79. The Balaban J connectivity index is 2.02. The van der Waals surface area contributed by atoms with Crippen LogP contribution in [-0.2, 0) is 4.74 Å². The molecule has 0 amide bonds. The molecule has 4 nitrogen and oxygen atoms in total. The van der Waals surface area contributed by atoms with Crippen LogP contribution < -0.4 is 11.3 Å². The maximum Gasteiger partial charge on any atom is 0.0950 e. The van der Waals surface area contributed by atoms with Gasteiger partial charge in [0, 0.05) is 12.7 Å². The first-order valence-electron chi connectivity index (χ1n) is 5.33. The molecule has 2 rings (SSSR count). The average molecular weight is 210 g/mol. The van der Waals surface area contributed by atoms with E-state index in [9.17, 15) is 0 Å². The molecular formula is C11H18N2O2. The largest absolute Gasteiger partial charge is 0.472 e. The van der Waals surface area contributed by atoms with Gasteiger partial charge in [-0.25, -0.2) is 0 Å². The SMILES string of the molecule is COC1(CC(NN)c2ccoc2)CCC1. The van der Waals surface area contributed by atoms with Gasteiger partial charge in [-0.05, 0) is 31.7 Å². The molecular weight excluding hydrogens is 192 g/mol. The third-order valence-corrected chi connectivity index (χ3v) is 3.42. The number of nitrogens with one attached hydrogen (secondary N) is 1. The second-order valence-corrected chi connectivity index (χ2v) is 4.22. The molecule has 0 radical (unpaired) electrons. The van der Waals surface area contributed by atoms with Crippen LogP contribution in [0.4, 0.5) is 0 Å². The number of hydrazine groups is 1. The zero-order chi connectivity index (χ0) is 10.7. The van der Waals surface area contributed by atoms with Crippen molar-refractivity contribution in [3.8, 4) is 0 Å². The first kappa shape index (κ1) is 10.7. The van der Waals surface area contributed by atoms with E-state index in [1.807, 2.05) is 6.07 Å². The van der Waals surface area contributed by atoms with Crippen LogP contribution >= 0.6 is 0 Å². The summed E-state index contributed by atoms with van der Waals surface area (Å²) >= 11 is 0. The van der Waals surface area contributed by atoms with Crippen molar-refractivity contribution < 1.29 is 9.15 Å². The van der Waals surface area contributed by atoms with Crippen LogP contribution in [-0.4, -0.2) is 12.7 Å². The summed E-state index contributed by atoms with van der Waals surface area (Å²) in [7, 11) is 1.78. The van der Waals surface area contributed by atoms with Gasteiger partial charge in [-0.2, -0.15) is 0 Å². The van der Waals surface area contributed by atoms with Gasteiger partial charge in [0.15, 0.2) is 0 Å². The maximum absolute atomic E-state index is 5.58. The van der Waals surface area contributed by atoms with E-state index < -0.39 is 0 Å². The molecule has 1 saturated carbocycles. The number of hydrogen-bond acceptors (Lipinski definition) is 4. The molecule has 1 atom stereocenters. The lowest BCUT2D eigenvalue weighted by Crippen LogP contribution is -2.44. The Labute approximate surface area is 89.7 Å². The summed E-state index contributed by atoms with van der Waals surface area (Å²) in [5.41, 5.74) is 3.93. The average Bonchev–Trinajstić information content (AvgIpc) is 2.71. The van der Waals surface area contributed by atoms with Crippen LogP contribution in [0.1, 0.15) is 37.3 Å². The topological polar surface area (TPSA) is 60.4 Å². The Morgan fingerprint density at radius 2 is 2.47 bits per heavy atom. The summed E-state index contributed by atoms with van der Waals surface area (Å²) in [5.74, 6) is 5.56. The van der Waals surface area contributed by atoms with Gasteiger partial charge >= 0.3 is 0 Å². The van der Waals surface area contributed by atoms with Crippen LogP contribution in [0, 0.1) is 0 Å². The van der Waals surface area contributed by atoms with Crippen LogP contribution in [0.3, 0.4) is 0 Å². The van der Waals surface area contributed by atoms with E-state index in [1.165, 1.54) is 6.42 Å². The number of furan rings is 1. The number of rotatable bonds is 5. The zero-order valence-electron chi connectivity index (χ0n) is 9.03. The third-order valence-electron chi connectivity index (χ3n) is 3.42. The molecule has 1 aromatic rings. The lowest BCUT2D eigenvalue weighted by Gasteiger charge is -2.42. The molecule has 1 unspecified atom stereocenters. The smallest absolute Gasteiger partial charge is 0.0950 e. The van der Waals surface area contributed by atoms with E-state index in [2.05, 4.69) is 5.43 Å². The lowest BCUT2D eigenvalue weighted by molar-refractivity contribution is -0.0838. The Morgan fingerprint density at radius 3 is 2.87 bits per heavy atom. The predicted octanol–water partition coefficient (Wildman–Crippen LogP) is 1.74. The van der Waals surface area contributed by atoms with Crippen molar-refractivity contribution in [2.45, 2.75) is 37.3 Å². The van der Waals surface area contributed by atoms with Gasteiger partial charge in [-0.1, -0.05) is 0 Å². The van der Waals surface area contributed by atoms with Gasteiger partial charge in [0.05, 0.1) is 24.2 Å². The molecule has 1 aliphatic rings. The third kappa shape index (κ3) is 2.07. The zero-order valence-corrected chi connectivity index (χ0v) is 9.03. The fourth-order valence-corrected chi connectivity index (χ4v) is 2.18. The molecule has 3 N–H and O–H groups in total. The quantitative estimate of drug-likeness (QED) is 0.574. The standard InChI is InChI=1S/C11H18N2O2/c1-14-11(4-2-5-11)7-10(13-12)9-3-6-15-8-9/h3,6,8,10,13H,2,4-5,7,12H2,1H3. The van der Waals surface area contributed by atoms with Crippen molar-refractivity contribution in [1.82, 2.24) is 5.43 Å². The monoisotopic (exact) mass is 210 g/mol. The van der Waals surface area contributed by atoms with Gasteiger partial charge in [-0.3, -0.25) is 11.3 Å². The Kier molecular flexibility index (Phi) is 3.09. The molecule has 0 saturated heterocycles. The summed E-state index contributed by atoms with van der Waals surface area (Å²) in [4.78, 5) is 0. The number of hydrogen-bond donors (Lipinski definition) is 2. The van der Waals surface area contributed by atoms with Crippen molar-refractivity contribution in [2.75, 3.05) is 7.11 Å². The fraction of sp³-hybridized carbons (Fsp3) is 0.636. The molecule has 84 valence electrons. The first-order chi connectivity index (χ1) is 7.29. The highest BCUT2D eigenvalue weighted by Crippen LogP contribution is 2.41. The molecule has 4 heteroatoms.